The monoisotopic (exact) mass is 226 g/mol. The Bertz CT molecular complexity index is 223. The molecule has 0 aromatic rings. The molecule has 0 aliphatic heterocycles. The van der Waals surface area contributed by atoms with E-state index in [9.17, 15) is 9.90 Å². The molecule has 0 aromatic carbocycles. The molecule has 0 heterocycles. The maximum atomic E-state index is 11.3. The summed E-state index contributed by atoms with van der Waals surface area (Å²) in [5, 5.41) is 9.33. The van der Waals surface area contributed by atoms with Crippen LogP contribution < -0.4 is 0 Å². The number of carbonyl (C=O) groups is 1. The van der Waals surface area contributed by atoms with Gasteiger partial charge in [0.05, 0.1) is 5.92 Å². The Morgan fingerprint density at radius 3 is 2.56 bits per heavy atom. The smallest absolute Gasteiger partial charge is 0.306 e. The van der Waals surface area contributed by atoms with Crippen molar-refractivity contribution in [1.29, 1.82) is 0 Å². The number of carboxylic acid groups (broad SMARTS) is 1. The van der Waals surface area contributed by atoms with Crippen LogP contribution in [0.4, 0.5) is 0 Å². The second kappa shape index (κ2) is 6.27. The maximum Gasteiger partial charge on any atom is 0.306 e. The minimum Gasteiger partial charge on any atom is -0.481 e. The molecule has 0 radical (unpaired) electrons. The van der Waals surface area contributed by atoms with Crippen LogP contribution in [0.25, 0.3) is 0 Å². The van der Waals surface area contributed by atoms with Crippen LogP contribution in [0.1, 0.15) is 59.3 Å². The molecule has 94 valence electrons. The zero-order chi connectivity index (χ0) is 12.1. The average Bonchev–Trinajstić information content (AvgIpc) is 2.25. The summed E-state index contributed by atoms with van der Waals surface area (Å²) in [6.07, 6.45) is 6.85. The van der Waals surface area contributed by atoms with Gasteiger partial charge in [-0.1, -0.05) is 40.0 Å². The normalized spacial score (nSPS) is 28.0. The van der Waals surface area contributed by atoms with E-state index >= 15 is 0 Å². The third-order valence-corrected chi connectivity index (χ3v) is 4.01. The molecule has 3 atom stereocenters. The number of aliphatic carboxylic acids is 1. The Morgan fingerprint density at radius 1 is 1.38 bits per heavy atom. The van der Waals surface area contributed by atoms with Crippen LogP contribution in [-0.4, -0.2) is 11.1 Å². The van der Waals surface area contributed by atoms with Gasteiger partial charge in [0.15, 0.2) is 0 Å². The topological polar surface area (TPSA) is 37.3 Å². The van der Waals surface area contributed by atoms with Gasteiger partial charge in [-0.3, -0.25) is 4.79 Å². The first-order valence-electron chi connectivity index (χ1n) is 6.77. The van der Waals surface area contributed by atoms with Gasteiger partial charge >= 0.3 is 5.97 Å². The van der Waals surface area contributed by atoms with Crippen molar-refractivity contribution in [2.24, 2.45) is 23.7 Å². The van der Waals surface area contributed by atoms with E-state index in [1.165, 1.54) is 19.3 Å². The van der Waals surface area contributed by atoms with Crippen molar-refractivity contribution < 1.29 is 9.90 Å². The van der Waals surface area contributed by atoms with Crippen LogP contribution in [0.2, 0.25) is 0 Å². The summed E-state index contributed by atoms with van der Waals surface area (Å²) in [6, 6.07) is 0. The van der Waals surface area contributed by atoms with Gasteiger partial charge in [0.2, 0.25) is 0 Å². The Morgan fingerprint density at radius 2 is 2.06 bits per heavy atom. The fourth-order valence-corrected chi connectivity index (χ4v) is 3.07. The van der Waals surface area contributed by atoms with Crippen molar-refractivity contribution in [1.82, 2.24) is 0 Å². The molecule has 3 unspecified atom stereocenters. The van der Waals surface area contributed by atoms with Crippen LogP contribution in [0.15, 0.2) is 0 Å². The highest BCUT2D eigenvalue weighted by molar-refractivity contribution is 5.70. The van der Waals surface area contributed by atoms with E-state index < -0.39 is 5.97 Å². The molecule has 1 rings (SSSR count). The average molecular weight is 226 g/mol. The van der Waals surface area contributed by atoms with Gasteiger partial charge in [-0.2, -0.15) is 0 Å². The van der Waals surface area contributed by atoms with Gasteiger partial charge in [-0.15, -0.1) is 0 Å². The molecule has 1 saturated carbocycles. The van der Waals surface area contributed by atoms with Crippen LogP contribution >= 0.6 is 0 Å². The van der Waals surface area contributed by atoms with E-state index in [-0.39, 0.29) is 5.92 Å². The Hall–Kier alpha value is -0.530. The predicted octanol–water partition coefficient (Wildman–Crippen LogP) is 3.95. The quantitative estimate of drug-likeness (QED) is 0.770. The molecule has 1 aliphatic rings. The molecule has 1 N–H and O–H groups in total. The maximum absolute atomic E-state index is 11.3. The van der Waals surface area contributed by atoms with Gasteiger partial charge in [-0.05, 0) is 37.0 Å². The van der Waals surface area contributed by atoms with E-state index in [4.69, 9.17) is 0 Å². The highest BCUT2D eigenvalue weighted by Gasteiger charge is 2.32. The second-order valence-corrected chi connectivity index (χ2v) is 5.78. The van der Waals surface area contributed by atoms with Crippen molar-refractivity contribution in [2.45, 2.75) is 59.3 Å². The summed E-state index contributed by atoms with van der Waals surface area (Å²) in [5.74, 6) is 1.01. The first kappa shape index (κ1) is 13.5. The lowest BCUT2D eigenvalue weighted by Crippen LogP contribution is -2.29. The van der Waals surface area contributed by atoms with Gasteiger partial charge in [0, 0.05) is 0 Å². The third-order valence-electron chi connectivity index (χ3n) is 4.01. The zero-order valence-corrected chi connectivity index (χ0v) is 10.9. The summed E-state index contributed by atoms with van der Waals surface area (Å²) in [5.41, 5.74) is 0. The SMILES string of the molecule is CCC1CCCC(C(CC(C)C)C(=O)O)C1. The predicted molar refractivity (Wildman–Crippen MR) is 66.3 cm³/mol. The van der Waals surface area contributed by atoms with Crippen molar-refractivity contribution in [3.8, 4) is 0 Å². The van der Waals surface area contributed by atoms with Crippen LogP contribution in [0.5, 0.6) is 0 Å². The Kier molecular flexibility index (Phi) is 5.30. The van der Waals surface area contributed by atoms with Crippen LogP contribution in [0.3, 0.4) is 0 Å². The van der Waals surface area contributed by atoms with E-state index in [2.05, 4.69) is 20.8 Å². The molecule has 2 nitrogen and oxygen atoms in total. The first-order valence-corrected chi connectivity index (χ1v) is 6.77. The summed E-state index contributed by atoms with van der Waals surface area (Å²) in [4.78, 5) is 11.3. The van der Waals surface area contributed by atoms with Gasteiger partial charge in [0.25, 0.3) is 0 Å². The van der Waals surface area contributed by atoms with Crippen LogP contribution in [-0.2, 0) is 4.79 Å². The Labute approximate surface area is 99.4 Å². The number of hydrogen-bond donors (Lipinski definition) is 1. The van der Waals surface area contributed by atoms with E-state index in [1.807, 2.05) is 0 Å². The zero-order valence-electron chi connectivity index (χ0n) is 10.9. The van der Waals surface area contributed by atoms with Gasteiger partial charge in [0.1, 0.15) is 0 Å². The second-order valence-electron chi connectivity index (χ2n) is 5.78. The molecule has 1 aliphatic carbocycles. The lowest BCUT2D eigenvalue weighted by molar-refractivity contribution is -0.145. The van der Waals surface area contributed by atoms with E-state index in [0.717, 1.165) is 25.2 Å². The van der Waals surface area contributed by atoms with Crippen molar-refractivity contribution >= 4 is 5.97 Å². The van der Waals surface area contributed by atoms with Crippen molar-refractivity contribution in [3.63, 3.8) is 0 Å². The minimum atomic E-state index is -0.574. The van der Waals surface area contributed by atoms with E-state index in [1.54, 1.807) is 0 Å². The minimum absolute atomic E-state index is 0.102. The Balaban J connectivity index is 2.59. The number of carboxylic acids is 1. The lowest BCUT2D eigenvalue weighted by Gasteiger charge is -2.33. The largest absolute Gasteiger partial charge is 0.481 e. The fraction of sp³-hybridized carbons (Fsp3) is 0.929. The standard InChI is InChI=1S/C14H26O2/c1-4-11-6-5-7-12(9-11)13(14(15)16)8-10(2)3/h10-13H,4-9H2,1-3H3,(H,15,16). The van der Waals surface area contributed by atoms with E-state index in [0.29, 0.717) is 11.8 Å². The molecule has 16 heavy (non-hydrogen) atoms. The molecule has 0 aromatic heterocycles. The molecule has 0 spiro atoms. The summed E-state index contributed by atoms with van der Waals surface area (Å²) < 4.78 is 0. The fourth-order valence-electron chi connectivity index (χ4n) is 3.07. The molecule has 0 bridgehead atoms. The van der Waals surface area contributed by atoms with Crippen LogP contribution in [0, 0.1) is 23.7 Å². The number of rotatable bonds is 5. The summed E-state index contributed by atoms with van der Waals surface area (Å²) in [6.45, 7) is 6.47. The molecule has 0 amide bonds. The van der Waals surface area contributed by atoms with Gasteiger partial charge < -0.3 is 5.11 Å². The summed E-state index contributed by atoms with van der Waals surface area (Å²) in [7, 11) is 0. The third kappa shape index (κ3) is 3.80. The first-order chi connectivity index (χ1) is 7.54. The van der Waals surface area contributed by atoms with Crippen molar-refractivity contribution in [2.75, 3.05) is 0 Å². The highest BCUT2D eigenvalue weighted by atomic mass is 16.4. The highest BCUT2D eigenvalue weighted by Crippen LogP contribution is 2.37. The summed E-state index contributed by atoms with van der Waals surface area (Å²) >= 11 is 0. The molecule has 1 fully saturated rings. The lowest BCUT2D eigenvalue weighted by atomic mass is 9.72. The van der Waals surface area contributed by atoms with Gasteiger partial charge in [-0.25, -0.2) is 0 Å². The molecule has 2 heteroatoms. The molecular weight excluding hydrogens is 200 g/mol. The molecular formula is C14H26O2. The van der Waals surface area contributed by atoms with Crippen molar-refractivity contribution in [3.05, 3.63) is 0 Å². The number of hydrogen-bond acceptors (Lipinski definition) is 1. The molecule has 0 saturated heterocycles.